The van der Waals surface area contributed by atoms with Gasteiger partial charge in [0.2, 0.25) is 0 Å². The fraction of sp³-hybridized carbons (Fsp3) is 0.480. The molecule has 6 heteroatoms. The molecule has 1 fully saturated rings. The Labute approximate surface area is 189 Å². The van der Waals surface area contributed by atoms with Gasteiger partial charge in [-0.05, 0) is 81.4 Å². The molecule has 3 heterocycles. The van der Waals surface area contributed by atoms with Crippen molar-refractivity contribution in [3.8, 4) is 0 Å². The third-order valence-electron chi connectivity index (χ3n) is 6.60. The molecule has 1 aromatic carbocycles. The maximum Gasteiger partial charge on any atom is 0.123 e. The number of nitrogens with zero attached hydrogens (tertiary/aromatic N) is 4. The molecule has 0 amide bonds. The van der Waals surface area contributed by atoms with E-state index in [2.05, 4.69) is 52.6 Å². The first-order valence-corrected chi connectivity index (χ1v) is 12.0. The zero-order valence-corrected chi connectivity index (χ0v) is 19.6. The molecule has 1 atom stereocenters. The highest BCUT2D eigenvalue weighted by Crippen LogP contribution is 2.29. The largest absolute Gasteiger partial charge is 0.298 e. The number of aryl methyl sites for hydroxylation is 2. The van der Waals surface area contributed by atoms with Crippen molar-refractivity contribution in [3.05, 3.63) is 75.5 Å². The van der Waals surface area contributed by atoms with Gasteiger partial charge in [0, 0.05) is 42.8 Å². The number of likely N-dealkylation sites (tertiary alicyclic amines) is 1. The second kappa shape index (κ2) is 10.1. The molecule has 31 heavy (non-hydrogen) atoms. The molecule has 3 aromatic rings. The zero-order chi connectivity index (χ0) is 21.8. The van der Waals surface area contributed by atoms with E-state index in [4.69, 9.17) is 0 Å². The van der Waals surface area contributed by atoms with Crippen molar-refractivity contribution in [1.29, 1.82) is 0 Å². The maximum atomic E-state index is 13.4. The number of aromatic nitrogens is 2. The second-order valence-electron chi connectivity index (χ2n) is 8.92. The van der Waals surface area contributed by atoms with Gasteiger partial charge >= 0.3 is 0 Å². The van der Waals surface area contributed by atoms with E-state index in [0.717, 1.165) is 38.3 Å². The van der Waals surface area contributed by atoms with Crippen molar-refractivity contribution in [1.82, 2.24) is 19.6 Å². The number of thiophene rings is 1. The van der Waals surface area contributed by atoms with Crippen LogP contribution in [-0.4, -0.2) is 45.8 Å². The summed E-state index contributed by atoms with van der Waals surface area (Å²) in [6, 6.07) is 11.9. The molecule has 0 N–H and O–H groups in total. The van der Waals surface area contributed by atoms with Gasteiger partial charge in [0.25, 0.3) is 0 Å². The number of piperidine rings is 1. The summed E-state index contributed by atoms with van der Waals surface area (Å²) in [6.07, 6.45) is 5.48. The van der Waals surface area contributed by atoms with Crippen molar-refractivity contribution in [2.24, 2.45) is 13.0 Å². The molecule has 4 nitrogen and oxygen atoms in total. The van der Waals surface area contributed by atoms with E-state index in [1.54, 1.807) is 12.1 Å². The van der Waals surface area contributed by atoms with Crippen molar-refractivity contribution in [3.63, 3.8) is 0 Å². The normalized spacial score (nSPS) is 16.8. The predicted octanol–water partition coefficient (Wildman–Crippen LogP) is 4.88. The molecule has 0 spiro atoms. The van der Waals surface area contributed by atoms with Crippen LogP contribution in [0.5, 0.6) is 0 Å². The van der Waals surface area contributed by atoms with Crippen molar-refractivity contribution in [2.75, 3.05) is 20.1 Å². The van der Waals surface area contributed by atoms with Gasteiger partial charge in [0.1, 0.15) is 5.82 Å². The lowest BCUT2D eigenvalue weighted by molar-refractivity contribution is 0.0957. The van der Waals surface area contributed by atoms with Crippen molar-refractivity contribution >= 4 is 11.3 Å². The first kappa shape index (κ1) is 22.2. The molecule has 2 aromatic heterocycles. The predicted molar refractivity (Wildman–Crippen MR) is 126 cm³/mol. The molecular weight excluding hydrogens is 407 g/mol. The van der Waals surface area contributed by atoms with E-state index in [1.165, 1.54) is 28.8 Å². The van der Waals surface area contributed by atoms with E-state index in [1.807, 2.05) is 35.2 Å². The van der Waals surface area contributed by atoms with E-state index < -0.39 is 0 Å². The first-order valence-electron chi connectivity index (χ1n) is 11.2. The summed E-state index contributed by atoms with van der Waals surface area (Å²) in [5.41, 5.74) is 3.59. The van der Waals surface area contributed by atoms with Crippen molar-refractivity contribution < 1.29 is 4.39 Å². The molecule has 1 unspecified atom stereocenters. The van der Waals surface area contributed by atoms with Gasteiger partial charge in [-0.3, -0.25) is 14.5 Å². The molecule has 1 aliphatic rings. The van der Waals surface area contributed by atoms with Gasteiger partial charge < -0.3 is 0 Å². The van der Waals surface area contributed by atoms with Crippen LogP contribution < -0.4 is 0 Å². The van der Waals surface area contributed by atoms with Gasteiger partial charge in [0.15, 0.2) is 0 Å². The Kier molecular flexibility index (Phi) is 7.20. The first-order chi connectivity index (χ1) is 15.0. The molecule has 166 valence electrons. The lowest BCUT2D eigenvalue weighted by atomic mass is 9.84. The van der Waals surface area contributed by atoms with Gasteiger partial charge in [0.05, 0.1) is 5.69 Å². The highest BCUT2D eigenvalue weighted by Gasteiger charge is 2.30. The van der Waals surface area contributed by atoms with E-state index in [0.29, 0.717) is 12.0 Å². The number of hydrogen-bond donors (Lipinski definition) is 0. The SMILES string of the molecule is Cc1nn(C)cc1CN(C)C(Cc1ccc(F)cc1)C1CCN(Cc2cccs2)CC1. The molecule has 4 rings (SSSR count). The molecule has 0 radical (unpaired) electrons. The standard InChI is InChI=1S/C25H33FN4S/c1-19-22(17-29(3)27-19)16-28(2)25(15-20-6-8-23(26)9-7-20)21-10-12-30(13-11-21)18-24-5-4-14-31-24/h4-9,14,17,21,25H,10-13,15-16,18H2,1-3H3. The molecular formula is C25H33FN4S. The molecule has 1 aliphatic heterocycles. The molecule has 1 saturated heterocycles. The Balaban J connectivity index is 1.45. The van der Waals surface area contributed by atoms with Crippen LogP contribution in [0.3, 0.4) is 0 Å². The minimum Gasteiger partial charge on any atom is -0.298 e. The summed E-state index contributed by atoms with van der Waals surface area (Å²) < 4.78 is 15.3. The summed E-state index contributed by atoms with van der Waals surface area (Å²) in [7, 11) is 4.22. The average molecular weight is 441 g/mol. The fourth-order valence-electron chi connectivity index (χ4n) is 4.85. The summed E-state index contributed by atoms with van der Waals surface area (Å²) in [5.74, 6) is 0.466. The molecule has 0 aliphatic carbocycles. The minimum absolute atomic E-state index is 0.165. The monoisotopic (exact) mass is 440 g/mol. The van der Waals surface area contributed by atoms with Crippen LogP contribution in [0.1, 0.15) is 34.5 Å². The second-order valence-corrected chi connectivity index (χ2v) is 9.95. The van der Waals surface area contributed by atoms with Gasteiger partial charge in [-0.1, -0.05) is 18.2 Å². The third-order valence-corrected chi connectivity index (χ3v) is 7.46. The van der Waals surface area contributed by atoms with Gasteiger partial charge in [-0.2, -0.15) is 5.10 Å². The number of rotatable bonds is 8. The quantitative estimate of drug-likeness (QED) is 0.499. The van der Waals surface area contributed by atoms with Crippen LogP contribution in [0.25, 0.3) is 0 Å². The highest BCUT2D eigenvalue weighted by molar-refractivity contribution is 7.09. The minimum atomic E-state index is -0.165. The topological polar surface area (TPSA) is 24.3 Å². The van der Waals surface area contributed by atoms with Crippen molar-refractivity contribution in [2.45, 2.75) is 45.3 Å². The number of halogens is 1. The number of hydrogen-bond acceptors (Lipinski definition) is 4. The van der Waals surface area contributed by atoms with Crippen LogP contribution in [0.4, 0.5) is 4.39 Å². The zero-order valence-electron chi connectivity index (χ0n) is 18.8. The maximum absolute atomic E-state index is 13.4. The van der Waals surface area contributed by atoms with Crippen LogP contribution in [-0.2, 0) is 26.6 Å². The third kappa shape index (κ3) is 5.82. The Bertz CT molecular complexity index is 943. The lowest BCUT2D eigenvalue weighted by Crippen LogP contribution is -2.44. The van der Waals surface area contributed by atoms with E-state index in [9.17, 15) is 4.39 Å². The summed E-state index contributed by atoms with van der Waals surface area (Å²) in [4.78, 5) is 6.53. The fourth-order valence-corrected chi connectivity index (χ4v) is 5.60. The van der Waals surface area contributed by atoms with Gasteiger partial charge in [-0.25, -0.2) is 4.39 Å². The van der Waals surface area contributed by atoms with E-state index >= 15 is 0 Å². The Morgan fingerprint density at radius 2 is 1.94 bits per heavy atom. The Morgan fingerprint density at radius 1 is 1.19 bits per heavy atom. The number of likely N-dealkylation sites (N-methyl/N-ethyl adjacent to an activating group) is 1. The summed E-state index contributed by atoms with van der Waals surface area (Å²) in [6.45, 7) is 6.32. The average Bonchev–Trinajstić information content (AvgIpc) is 3.37. The van der Waals surface area contributed by atoms with Crippen LogP contribution in [0.15, 0.2) is 48.0 Å². The highest BCUT2D eigenvalue weighted by atomic mass is 32.1. The smallest absolute Gasteiger partial charge is 0.123 e. The van der Waals surface area contributed by atoms with E-state index in [-0.39, 0.29) is 5.82 Å². The lowest BCUT2D eigenvalue weighted by Gasteiger charge is -2.40. The van der Waals surface area contributed by atoms with Gasteiger partial charge in [-0.15, -0.1) is 11.3 Å². The summed E-state index contributed by atoms with van der Waals surface area (Å²) >= 11 is 1.85. The van der Waals surface area contributed by atoms with Crippen LogP contribution >= 0.6 is 11.3 Å². The summed E-state index contributed by atoms with van der Waals surface area (Å²) in [5, 5.41) is 6.68. The molecule has 0 saturated carbocycles. The van der Waals surface area contributed by atoms with Crippen LogP contribution in [0, 0.1) is 18.7 Å². The Morgan fingerprint density at radius 3 is 2.55 bits per heavy atom. The molecule has 0 bridgehead atoms. The number of benzene rings is 1. The Hall–Kier alpha value is -2.02. The van der Waals surface area contributed by atoms with Crippen LogP contribution in [0.2, 0.25) is 0 Å².